The molecule has 2 amide bonds. The van der Waals surface area contributed by atoms with Crippen LogP contribution in [-0.2, 0) is 41.6 Å². The molecule has 0 fully saturated rings. The number of aldehydes is 1. The number of H-pyrrole nitrogens is 1. The molecule has 4 rings (SSSR count). The molecule has 0 radical (unpaired) electrons. The lowest BCUT2D eigenvalue weighted by Crippen LogP contribution is -2.37. The third kappa shape index (κ3) is 7.39. The van der Waals surface area contributed by atoms with E-state index in [1.165, 1.54) is 4.79 Å². The number of rotatable bonds is 15. The van der Waals surface area contributed by atoms with Gasteiger partial charge in [0.05, 0.1) is 67.3 Å². The van der Waals surface area contributed by atoms with Crippen molar-refractivity contribution in [2.24, 2.45) is 0 Å². The number of carbonyl (C=O) groups is 3. The number of nitrogens with zero attached hydrogens (tertiary/aromatic N) is 3. The van der Waals surface area contributed by atoms with E-state index in [1.807, 2.05) is 0 Å². The Morgan fingerprint density at radius 3 is 2.58 bits per heavy atom. The minimum Gasteiger partial charge on any atom is -0.387 e. The van der Waals surface area contributed by atoms with Gasteiger partial charge in [-0.3, -0.25) is 9.59 Å². The molecule has 0 saturated carbocycles. The zero-order valence-electron chi connectivity index (χ0n) is 21.8. The fraction of sp³-hybridized carbons (Fsp3) is 0.462. The molecule has 12 nitrogen and oxygen atoms in total. The maximum Gasteiger partial charge on any atom is 0.248 e. The van der Waals surface area contributed by atoms with Crippen LogP contribution in [0.15, 0.2) is 18.3 Å². The van der Waals surface area contributed by atoms with Crippen molar-refractivity contribution in [1.82, 2.24) is 19.8 Å². The van der Waals surface area contributed by atoms with E-state index >= 15 is 0 Å². The summed E-state index contributed by atoms with van der Waals surface area (Å²) in [6, 6.07) is 3.46. The van der Waals surface area contributed by atoms with Crippen molar-refractivity contribution in [2.45, 2.75) is 25.8 Å². The smallest absolute Gasteiger partial charge is 0.248 e. The first-order chi connectivity index (χ1) is 19.4. The number of benzene rings is 1. The normalized spacial score (nSPS) is 13.0. The molecule has 14 heteroatoms. The highest BCUT2D eigenvalue weighted by Crippen LogP contribution is 2.41. The van der Waals surface area contributed by atoms with E-state index in [0.717, 1.165) is 22.9 Å². The Morgan fingerprint density at radius 1 is 1.12 bits per heavy atom. The van der Waals surface area contributed by atoms with E-state index in [9.17, 15) is 19.5 Å². The van der Waals surface area contributed by atoms with E-state index in [2.05, 4.69) is 15.5 Å². The minimum absolute atomic E-state index is 0.126. The molecule has 3 aromatic rings. The Balaban J connectivity index is 1.33. The highest BCUT2D eigenvalue weighted by molar-refractivity contribution is 6.45. The summed E-state index contributed by atoms with van der Waals surface area (Å²) >= 11 is 13.0. The molecule has 1 aliphatic heterocycles. The summed E-state index contributed by atoms with van der Waals surface area (Å²) in [6.07, 6.45) is 3.50. The van der Waals surface area contributed by atoms with Crippen molar-refractivity contribution < 1.29 is 33.7 Å². The average Bonchev–Trinajstić information content (AvgIpc) is 3.58. The van der Waals surface area contributed by atoms with Gasteiger partial charge < -0.3 is 34.0 Å². The first kappa shape index (κ1) is 30.0. The monoisotopic (exact) mass is 595 g/mol. The number of aliphatic hydroxyl groups is 1. The van der Waals surface area contributed by atoms with E-state index in [0.29, 0.717) is 85.8 Å². The van der Waals surface area contributed by atoms with Crippen LogP contribution in [0.4, 0.5) is 0 Å². The zero-order chi connectivity index (χ0) is 28.5. The molecule has 1 aromatic carbocycles. The van der Waals surface area contributed by atoms with Gasteiger partial charge in [-0.2, -0.15) is 9.89 Å². The summed E-state index contributed by atoms with van der Waals surface area (Å²) in [5.74, 6) is -0.627. The predicted molar refractivity (Wildman–Crippen MR) is 148 cm³/mol. The number of nitrogens with one attached hydrogen (secondary N) is 2. The SMILES string of the molecule is O=CCCOCCOCCOCCC(=O)Nn1ccc(-c2cc(Cl)c(Cl)c3[nH]c4c(c23)CN(C(=O)CO)CC4)n1. The first-order valence-corrected chi connectivity index (χ1v) is 13.6. The standard InChI is InChI=1S/C26H31Cl2N5O7/c27-19-14-17(24-18-15-32(23(37)16-35)5-2-20(18)29-26(24)25(19)28)21-3-6-33(30-21)31-22(36)4-9-39-11-13-40-12-10-38-8-1-7-34/h3,6-7,14,29,35H,1-2,4-5,8-13,15-16H2,(H,31,36). The van der Waals surface area contributed by atoms with Gasteiger partial charge in [-0.15, -0.1) is 0 Å². The summed E-state index contributed by atoms with van der Waals surface area (Å²) in [4.78, 5) is 41.0. The van der Waals surface area contributed by atoms with Crippen molar-refractivity contribution in [2.75, 3.05) is 58.2 Å². The number of ether oxygens (including phenoxy) is 3. The summed E-state index contributed by atoms with van der Waals surface area (Å²) in [6.45, 7) is 2.36. The number of carbonyl (C=O) groups excluding carboxylic acids is 3. The second kappa shape index (κ2) is 14.6. The largest absolute Gasteiger partial charge is 0.387 e. The Morgan fingerprint density at radius 2 is 1.85 bits per heavy atom. The van der Waals surface area contributed by atoms with Crippen LogP contribution in [0.1, 0.15) is 24.1 Å². The fourth-order valence-corrected chi connectivity index (χ4v) is 4.81. The number of halogens is 2. The second-order valence-corrected chi connectivity index (χ2v) is 9.78. The van der Waals surface area contributed by atoms with Gasteiger partial charge in [0.1, 0.15) is 12.9 Å². The molecule has 0 spiro atoms. The van der Waals surface area contributed by atoms with Crippen LogP contribution >= 0.6 is 23.2 Å². The number of hydrogen-bond donors (Lipinski definition) is 3. The fourth-order valence-electron chi connectivity index (χ4n) is 4.41. The van der Waals surface area contributed by atoms with Crippen LogP contribution in [0, 0.1) is 0 Å². The maximum absolute atomic E-state index is 12.4. The van der Waals surface area contributed by atoms with Crippen molar-refractivity contribution in [3.8, 4) is 11.3 Å². The summed E-state index contributed by atoms with van der Waals surface area (Å²) < 4.78 is 16.0. The number of hydrogen-bond acceptors (Lipinski definition) is 8. The topological polar surface area (TPSA) is 148 Å². The molecule has 216 valence electrons. The number of aliphatic hydroxyl groups excluding tert-OH is 1. The van der Waals surface area contributed by atoms with E-state index in [-0.39, 0.29) is 24.8 Å². The van der Waals surface area contributed by atoms with Gasteiger partial charge in [0.15, 0.2) is 0 Å². The lowest BCUT2D eigenvalue weighted by Gasteiger charge is -2.26. The Labute approximate surface area is 240 Å². The van der Waals surface area contributed by atoms with Crippen LogP contribution in [0.5, 0.6) is 0 Å². The van der Waals surface area contributed by atoms with Crippen molar-refractivity contribution >= 4 is 52.2 Å². The molecule has 0 unspecified atom stereocenters. The van der Waals surface area contributed by atoms with Gasteiger partial charge in [-0.05, 0) is 12.1 Å². The van der Waals surface area contributed by atoms with Crippen molar-refractivity contribution in [3.05, 3.63) is 39.6 Å². The molecule has 0 atom stereocenters. The number of aromatic nitrogens is 3. The van der Waals surface area contributed by atoms with E-state index in [4.69, 9.17) is 37.4 Å². The highest BCUT2D eigenvalue weighted by Gasteiger charge is 2.27. The van der Waals surface area contributed by atoms with Crippen molar-refractivity contribution in [1.29, 1.82) is 0 Å². The van der Waals surface area contributed by atoms with E-state index < -0.39 is 6.61 Å². The third-order valence-electron chi connectivity index (χ3n) is 6.33. The van der Waals surface area contributed by atoms with Gasteiger partial charge in [-0.25, -0.2) is 5.43 Å². The van der Waals surface area contributed by atoms with Gasteiger partial charge in [0, 0.05) is 54.3 Å². The number of amides is 2. The quantitative estimate of drug-likeness (QED) is 0.179. The molecule has 1 aliphatic rings. The Hall–Kier alpha value is -3.00. The van der Waals surface area contributed by atoms with Gasteiger partial charge >= 0.3 is 0 Å². The summed E-state index contributed by atoms with van der Waals surface area (Å²) in [5.41, 5.74) is 6.44. The maximum atomic E-state index is 12.4. The summed E-state index contributed by atoms with van der Waals surface area (Å²) in [7, 11) is 0. The van der Waals surface area contributed by atoms with Crippen LogP contribution < -0.4 is 5.43 Å². The minimum atomic E-state index is -0.556. The third-order valence-corrected chi connectivity index (χ3v) is 7.12. The van der Waals surface area contributed by atoms with Crippen LogP contribution in [0.3, 0.4) is 0 Å². The molecule has 3 heterocycles. The molecule has 40 heavy (non-hydrogen) atoms. The van der Waals surface area contributed by atoms with Crippen LogP contribution in [0.2, 0.25) is 10.0 Å². The van der Waals surface area contributed by atoms with Gasteiger partial charge in [0.2, 0.25) is 11.8 Å². The Kier molecular flexibility index (Phi) is 10.9. The van der Waals surface area contributed by atoms with E-state index in [1.54, 1.807) is 23.2 Å². The molecule has 2 aromatic heterocycles. The number of aromatic amines is 1. The average molecular weight is 596 g/mol. The lowest BCUT2D eigenvalue weighted by atomic mass is 9.99. The second-order valence-electron chi connectivity index (χ2n) is 9.00. The zero-order valence-corrected chi connectivity index (χ0v) is 23.3. The first-order valence-electron chi connectivity index (χ1n) is 12.9. The lowest BCUT2D eigenvalue weighted by molar-refractivity contribution is -0.135. The van der Waals surface area contributed by atoms with Crippen LogP contribution in [-0.4, -0.2) is 95.8 Å². The van der Waals surface area contributed by atoms with Gasteiger partial charge in [0.25, 0.3) is 0 Å². The molecule has 0 bridgehead atoms. The molecular formula is C26H31Cl2N5O7. The van der Waals surface area contributed by atoms with Gasteiger partial charge in [-0.1, -0.05) is 23.2 Å². The number of fused-ring (bicyclic) bond motifs is 3. The molecular weight excluding hydrogens is 565 g/mol. The summed E-state index contributed by atoms with van der Waals surface area (Å²) in [5, 5.41) is 15.3. The molecule has 3 N–H and O–H groups in total. The van der Waals surface area contributed by atoms with Crippen LogP contribution in [0.25, 0.3) is 22.2 Å². The predicted octanol–water partition coefficient (Wildman–Crippen LogP) is 2.31. The van der Waals surface area contributed by atoms with Crippen molar-refractivity contribution in [3.63, 3.8) is 0 Å². The molecule has 0 saturated heterocycles. The highest BCUT2D eigenvalue weighted by atomic mass is 35.5. The Bertz CT molecular complexity index is 1340. The molecule has 0 aliphatic carbocycles.